The predicted octanol–water partition coefficient (Wildman–Crippen LogP) is 6.88. The third-order valence-electron chi connectivity index (χ3n) is 9.04. The van der Waals surface area contributed by atoms with E-state index in [0.717, 1.165) is 44.5 Å². The molecular formula is C34H26O4. The molecule has 4 aromatic rings. The van der Waals surface area contributed by atoms with Gasteiger partial charge in [0.05, 0.1) is 0 Å². The lowest BCUT2D eigenvalue weighted by atomic mass is 9.55. The molecule has 0 saturated carbocycles. The van der Waals surface area contributed by atoms with E-state index in [-0.39, 0.29) is 23.4 Å². The Labute approximate surface area is 221 Å². The van der Waals surface area contributed by atoms with Crippen LogP contribution < -0.4 is 0 Å². The summed E-state index contributed by atoms with van der Waals surface area (Å²) >= 11 is 0. The highest BCUT2D eigenvalue weighted by atomic mass is 17.2. The van der Waals surface area contributed by atoms with E-state index in [2.05, 4.69) is 52.0 Å². The van der Waals surface area contributed by atoms with Gasteiger partial charge in [-0.05, 0) is 47.2 Å². The Kier molecular flexibility index (Phi) is 4.06. The Morgan fingerprint density at radius 3 is 1.34 bits per heavy atom. The lowest BCUT2D eigenvalue weighted by Crippen LogP contribution is -2.58. The predicted molar refractivity (Wildman–Crippen MR) is 143 cm³/mol. The number of ketones is 2. The smallest absolute Gasteiger partial charge is 0.193 e. The summed E-state index contributed by atoms with van der Waals surface area (Å²) in [6.45, 7) is 8.48. The lowest BCUT2D eigenvalue weighted by Gasteiger charge is -2.57. The van der Waals surface area contributed by atoms with E-state index in [9.17, 15) is 9.59 Å². The Morgan fingerprint density at radius 1 is 0.526 bits per heavy atom. The molecule has 2 bridgehead atoms. The Balaban J connectivity index is 1.54. The zero-order chi connectivity index (χ0) is 26.1. The van der Waals surface area contributed by atoms with Crippen LogP contribution in [0.15, 0.2) is 72.8 Å². The molecule has 0 saturated heterocycles. The van der Waals surface area contributed by atoms with Gasteiger partial charge in [-0.1, -0.05) is 76.2 Å². The first-order valence-electron chi connectivity index (χ1n) is 13.3. The van der Waals surface area contributed by atoms with E-state index in [1.54, 1.807) is 0 Å². The van der Waals surface area contributed by atoms with Gasteiger partial charge >= 0.3 is 0 Å². The van der Waals surface area contributed by atoms with Gasteiger partial charge in [-0.2, -0.15) is 0 Å². The normalized spacial score (nSPS) is 23.3. The van der Waals surface area contributed by atoms with Gasteiger partial charge in [0.25, 0.3) is 0 Å². The third-order valence-corrected chi connectivity index (χ3v) is 9.04. The molecule has 0 N–H and O–H groups in total. The van der Waals surface area contributed by atoms with Crippen LogP contribution in [-0.2, 0) is 21.0 Å². The second-order valence-corrected chi connectivity index (χ2v) is 11.6. The monoisotopic (exact) mass is 498 g/mol. The minimum Gasteiger partial charge on any atom is -0.289 e. The summed E-state index contributed by atoms with van der Waals surface area (Å²) in [5.74, 6) is 0.469. The Bertz CT molecular complexity index is 1650. The van der Waals surface area contributed by atoms with Crippen LogP contribution in [0.5, 0.6) is 0 Å². The first kappa shape index (κ1) is 22.2. The first-order valence-corrected chi connectivity index (χ1v) is 13.3. The molecule has 0 aromatic heterocycles. The fraction of sp³-hybridized carbons (Fsp3) is 0.235. The topological polar surface area (TPSA) is 52.6 Å². The van der Waals surface area contributed by atoms with Crippen molar-refractivity contribution in [2.45, 2.75) is 50.7 Å². The maximum absolute atomic E-state index is 14.1. The van der Waals surface area contributed by atoms with Crippen molar-refractivity contribution in [3.8, 4) is 0 Å². The van der Waals surface area contributed by atoms with Gasteiger partial charge in [-0.15, -0.1) is 0 Å². The van der Waals surface area contributed by atoms with Crippen molar-refractivity contribution < 1.29 is 19.4 Å². The van der Waals surface area contributed by atoms with Gasteiger partial charge in [0.1, 0.15) is 0 Å². The average molecular weight is 499 g/mol. The van der Waals surface area contributed by atoms with E-state index in [1.165, 1.54) is 0 Å². The number of benzene rings is 4. The number of carbonyl (C=O) groups is 2. The molecule has 5 aliphatic rings. The second-order valence-electron chi connectivity index (χ2n) is 11.6. The number of hydrogen-bond acceptors (Lipinski definition) is 4. The van der Waals surface area contributed by atoms with Crippen LogP contribution in [-0.4, -0.2) is 11.6 Å². The summed E-state index contributed by atoms with van der Waals surface area (Å²) in [4.78, 5) is 41.3. The van der Waals surface area contributed by atoms with Crippen LogP contribution in [0.4, 0.5) is 0 Å². The summed E-state index contributed by atoms with van der Waals surface area (Å²) in [5.41, 5.74) is 7.27. The standard InChI is InChI=1S/C34H26O4/c1-17(2)19-9-13-25-23(15-19)31(35)21-11-12-22-30-29(21)33(25)27-7-5-6-8-28(27)34(30,38-37-33)26-14-10-20(18(3)4)16-24(26)32(22)36/h5-18H,1-4H3. The number of hydrogen-bond donors (Lipinski definition) is 0. The highest BCUT2D eigenvalue weighted by Crippen LogP contribution is 2.66. The van der Waals surface area contributed by atoms with Crippen molar-refractivity contribution in [1.82, 2.24) is 0 Å². The molecule has 9 rings (SSSR count). The third kappa shape index (κ3) is 2.27. The molecule has 2 spiro atoms. The van der Waals surface area contributed by atoms with Crippen LogP contribution >= 0.6 is 0 Å². The molecular weight excluding hydrogens is 472 g/mol. The van der Waals surface area contributed by atoms with Crippen LogP contribution in [0, 0.1) is 0 Å². The summed E-state index contributed by atoms with van der Waals surface area (Å²) in [5, 5.41) is 0. The van der Waals surface area contributed by atoms with Crippen LogP contribution in [0.1, 0.15) is 116 Å². The minimum atomic E-state index is -1.13. The van der Waals surface area contributed by atoms with E-state index in [4.69, 9.17) is 9.78 Å². The highest BCUT2D eigenvalue weighted by molar-refractivity contribution is 6.18. The maximum Gasteiger partial charge on any atom is 0.193 e. The SMILES string of the molecule is CC(C)c1ccc2c(c1)C(=O)c1ccc3c4c1C21OOC4(c2ccc(C(C)C)cc2C3=O)c2ccccc21. The van der Waals surface area contributed by atoms with Crippen LogP contribution in [0.25, 0.3) is 0 Å². The van der Waals surface area contributed by atoms with Crippen molar-refractivity contribution in [3.63, 3.8) is 0 Å². The van der Waals surface area contributed by atoms with Gasteiger partial charge in [0.2, 0.25) is 0 Å². The van der Waals surface area contributed by atoms with Gasteiger partial charge in [-0.25, -0.2) is 9.78 Å². The van der Waals surface area contributed by atoms with Gasteiger partial charge in [-0.3, -0.25) is 9.59 Å². The molecule has 2 unspecified atom stereocenters. The van der Waals surface area contributed by atoms with Gasteiger partial charge < -0.3 is 0 Å². The average Bonchev–Trinajstić information content (AvgIpc) is 2.94. The summed E-state index contributed by atoms with van der Waals surface area (Å²) in [7, 11) is 0. The first-order chi connectivity index (χ1) is 18.3. The quantitative estimate of drug-likeness (QED) is 0.283. The van der Waals surface area contributed by atoms with Crippen molar-refractivity contribution in [2.24, 2.45) is 0 Å². The summed E-state index contributed by atoms with van der Waals surface area (Å²) < 4.78 is 0. The largest absolute Gasteiger partial charge is 0.289 e. The highest BCUT2D eigenvalue weighted by Gasteiger charge is 2.66. The zero-order valence-corrected chi connectivity index (χ0v) is 21.7. The van der Waals surface area contributed by atoms with E-state index < -0.39 is 11.2 Å². The molecule has 186 valence electrons. The van der Waals surface area contributed by atoms with Crippen molar-refractivity contribution in [1.29, 1.82) is 0 Å². The van der Waals surface area contributed by atoms with Crippen molar-refractivity contribution in [2.75, 3.05) is 0 Å². The number of carbonyl (C=O) groups excluding carboxylic acids is 2. The molecule has 2 heterocycles. The van der Waals surface area contributed by atoms with E-state index in [0.29, 0.717) is 22.3 Å². The van der Waals surface area contributed by atoms with Gasteiger partial charge in [0, 0.05) is 55.6 Å². The summed E-state index contributed by atoms with van der Waals surface area (Å²) in [6, 6.07) is 24.0. The molecule has 4 nitrogen and oxygen atoms in total. The number of fused-ring (bicyclic) bond motifs is 3. The lowest BCUT2D eigenvalue weighted by molar-refractivity contribution is -0.410. The second kappa shape index (κ2) is 6.96. The molecule has 0 fully saturated rings. The summed E-state index contributed by atoms with van der Waals surface area (Å²) in [6.07, 6.45) is 0. The van der Waals surface area contributed by atoms with E-state index >= 15 is 0 Å². The molecule has 4 heteroatoms. The molecule has 3 aliphatic carbocycles. The molecule has 4 aromatic carbocycles. The Hall–Kier alpha value is -3.86. The molecule has 38 heavy (non-hydrogen) atoms. The fourth-order valence-corrected chi connectivity index (χ4v) is 7.15. The molecule has 0 radical (unpaired) electrons. The zero-order valence-electron chi connectivity index (χ0n) is 21.7. The number of rotatable bonds is 2. The Morgan fingerprint density at radius 2 is 0.947 bits per heavy atom. The molecule has 2 aliphatic heterocycles. The van der Waals surface area contributed by atoms with Crippen LogP contribution in [0.3, 0.4) is 0 Å². The van der Waals surface area contributed by atoms with Crippen molar-refractivity contribution >= 4 is 11.6 Å². The van der Waals surface area contributed by atoms with Crippen molar-refractivity contribution in [3.05, 3.63) is 140 Å². The van der Waals surface area contributed by atoms with Crippen LogP contribution in [0.2, 0.25) is 0 Å². The fourth-order valence-electron chi connectivity index (χ4n) is 7.15. The van der Waals surface area contributed by atoms with E-state index in [1.807, 2.05) is 48.5 Å². The molecule has 0 amide bonds. The molecule has 2 atom stereocenters. The minimum absolute atomic E-state index is 0.0388. The van der Waals surface area contributed by atoms with Gasteiger partial charge in [0.15, 0.2) is 22.8 Å². The maximum atomic E-state index is 14.1.